The molecule has 9 heteroatoms. The molecule has 0 amide bonds. The van der Waals surface area contributed by atoms with E-state index in [4.69, 9.17) is 5.73 Å². The third-order valence-electron chi connectivity index (χ3n) is 2.70. The number of benzene rings is 1. The minimum Gasteiger partial charge on any atom is -0.324 e. The van der Waals surface area contributed by atoms with Gasteiger partial charge in [0.15, 0.2) is 0 Å². The van der Waals surface area contributed by atoms with E-state index >= 15 is 0 Å². The van der Waals surface area contributed by atoms with E-state index in [0.29, 0.717) is 5.57 Å². The van der Waals surface area contributed by atoms with Crippen molar-refractivity contribution < 1.29 is 30.7 Å². The van der Waals surface area contributed by atoms with Gasteiger partial charge in [-0.3, -0.25) is 0 Å². The molecule has 0 fully saturated rings. The molecule has 0 aliphatic heterocycles. The lowest BCUT2D eigenvalue weighted by molar-refractivity contribution is -0.144. The molecule has 0 aromatic heterocycles. The zero-order valence-corrected chi connectivity index (χ0v) is 12.1. The van der Waals surface area contributed by atoms with E-state index in [2.05, 4.69) is 6.58 Å². The molecule has 1 aromatic rings. The molecule has 1 aromatic carbocycles. The van der Waals surface area contributed by atoms with E-state index in [0.717, 1.165) is 0 Å². The lowest BCUT2D eigenvalue weighted by Gasteiger charge is -2.21. The summed E-state index contributed by atoms with van der Waals surface area (Å²) < 4.78 is 89.9. The Morgan fingerprint density at radius 3 is 2.00 bits per heavy atom. The lowest BCUT2D eigenvalue weighted by atomic mass is 9.93. The molecule has 0 unspecified atom stereocenters. The topological polar surface area (TPSA) is 26.0 Å². The second-order valence-electron chi connectivity index (χ2n) is 4.68. The summed E-state index contributed by atoms with van der Waals surface area (Å²) in [5.74, 6) is -1.63. The summed E-state index contributed by atoms with van der Waals surface area (Å²) in [4.78, 5) is 0. The fourth-order valence-electron chi connectivity index (χ4n) is 1.87. The average Bonchev–Trinajstić information content (AvgIpc) is 2.23. The molecular formula is C13H13ClF7N. The molecule has 0 bridgehead atoms. The van der Waals surface area contributed by atoms with Crippen molar-refractivity contribution in [3.8, 4) is 0 Å². The molecule has 126 valence electrons. The molecule has 2 N–H and O–H groups in total. The number of hydrogen-bond donors (Lipinski definition) is 1. The Labute approximate surface area is 128 Å². The van der Waals surface area contributed by atoms with Crippen molar-refractivity contribution in [3.63, 3.8) is 0 Å². The predicted molar refractivity (Wildman–Crippen MR) is 70.0 cm³/mol. The van der Waals surface area contributed by atoms with E-state index in [1.165, 1.54) is 6.92 Å². The van der Waals surface area contributed by atoms with Gasteiger partial charge in [0.1, 0.15) is 5.82 Å². The summed E-state index contributed by atoms with van der Waals surface area (Å²) in [5.41, 5.74) is 1.44. The van der Waals surface area contributed by atoms with Crippen LogP contribution in [0.4, 0.5) is 30.7 Å². The summed E-state index contributed by atoms with van der Waals surface area (Å²) in [6.07, 6.45) is -10.4. The van der Waals surface area contributed by atoms with Gasteiger partial charge in [-0.1, -0.05) is 5.57 Å². The summed E-state index contributed by atoms with van der Waals surface area (Å²) in [7, 11) is 0. The second-order valence-corrected chi connectivity index (χ2v) is 4.68. The van der Waals surface area contributed by atoms with Gasteiger partial charge in [-0.05, 0) is 25.5 Å². The summed E-state index contributed by atoms with van der Waals surface area (Å²) in [6, 6.07) is -1.54. The van der Waals surface area contributed by atoms with Crippen LogP contribution >= 0.6 is 12.4 Å². The van der Waals surface area contributed by atoms with Crippen molar-refractivity contribution in [2.45, 2.75) is 31.7 Å². The molecular weight excluding hydrogens is 339 g/mol. The van der Waals surface area contributed by atoms with Crippen LogP contribution in [-0.4, -0.2) is 0 Å². The van der Waals surface area contributed by atoms with Crippen LogP contribution in [0.5, 0.6) is 0 Å². The molecule has 0 heterocycles. The van der Waals surface area contributed by atoms with Crippen molar-refractivity contribution in [1.29, 1.82) is 0 Å². The normalized spacial score (nSPS) is 13.5. The molecule has 22 heavy (non-hydrogen) atoms. The SMILES string of the molecule is C=C(C)C[C@@H](N)c1c(F)cc(C(F)(F)F)cc1C(F)(F)F.Cl. The minimum absolute atomic E-state index is 0. The van der Waals surface area contributed by atoms with Gasteiger partial charge in [-0.2, -0.15) is 26.3 Å². The zero-order chi connectivity index (χ0) is 16.6. The van der Waals surface area contributed by atoms with Crippen LogP contribution in [0.2, 0.25) is 0 Å². The molecule has 0 radical (unpaired) electrons. The van der Waals surface area contributed by atoms with E-state index in [1.54, 1.807) is 0 Å². The first-order valence-corrected chi connectivity index (χ1v) is 5.71. The number of nitrogens with two attached hydrogens (primary N) is 1. The summed E-state index contributed by atoms with van der Waals surface area (Å²) in [5, 5.41) is 0. The van der Waals surface area contributed by atoms with Gasteiger partial charge in [0.05, 0.1) is 11.1 Å². The van der Waals surface area contributed by atoms with Crippen LogP contribution in [0.15, 0.2) is 24.3 Å². The third-order valence-corrected chi connectivity index (χ3v) is 2.70. The quantitative estimate of drug-likeness (QED) is 0.584. The molecule has 1 rings (SSSR count). The van der Waals surface area contributed by atoms with Gasteiger partial charge in [0, 0.05) is 11.6 Å². The maximum Gasteiger partial charge on any atom is 0.416 e. The van der Waals surface area contributed by atoms with Gasteiger partial charge in [-0.25, -0.2) is 4.39 Å². The Balaban J connectivity index is 0.00000441. The summed E-state index contributed by atoms with van der Waals surface area (Å²) >= 11 is 0. The number of rotatable bonds is 3. The average molecular weight is 352 g/mol. The Morgan fingerprint density at radius 2 is 1.64 bits per heavy atom. The standard InChI is InChI=1S/C13H12F7N.ClH/c1-6(2)3-10(21)11-8(13(18,19)20)4-7(5-9(11)14)12(15,16)17;/h4-5,10H,1,3,21H2,2H3;1H/t10-;/m1./s1. The Hall–Kier alpha value is -1.28. The van der Waals surface area contributed by atoms with Gasteiger partial charge in [0.2, 0.25) is 0 Å². The first-order valence-electron chi connectivity index (χ1n) is 5.71. The number of hydrogen-bond acceptors (Lipinski definition) is 1. The van der Waals surface area contributed by atoms with Gasteiger partial charge < -0.3 is 5.73 Å². The first-order chi connectivity index (χ1) is 9.34. The lowest BCUT2D eigenvalue weighted by Crippen LogP contribution is -2.21. The van der Waals surface area contributed by atoms with Crippen LogP contribution in [0.25, 0.3) is 0 Å². The van der Waals surface area contributed by atoms with E-state index in [-0.39, 0.29) is 31.0 Å². The maximum atomic E-state index is 13.8. The van der Waals surface area contributed by atoms with Crippen molar-refractivity contribution in [2.75, 3.05) is 0 Å². The molecule has 1 nitrogen and oxygen atoms in total. The number of halogens is 8. The van der Waals surface area contributed by atoms with Crippen LogP contribution < -0.4 is 5.73 Å². The van der Waals surface area contributed by atoms with Crippen LogP contribution in [0, 0.1) is 5.82 Å². The fraction of sp³-hybridized carbons (Fsp3) is 0.385. The van der Waals surface area contributed by atoms with Gasteiger partial charge in [0.25, 0.3) is 0 Å². The van der Waals surface area contributed by atoms with Crippen LogP contribution in [-0.2, 0) is 12.4 Å². The van der Waals surface area contributed by atoms with Gasteiger partial charge >= 0.3 is 12.4 Å². The Bertz CT molecular complexity index is 549. The Kier molecular flexibility index (Phi) is 6.47. The fourth-order valence-corrected chi connectivity index (χ4v) is 1.87. The second kappa shape index (κ2) is 6.87. The first kappa shape index (κ1) is 20.7. The zero-order valence-electron chi connectivity index (χ0n) is 11.3. The number of alkyl halides is 6. The smallest absolute Gasteiger partial charge is 0.324 e. The maximum absolute atomic E-state index is 13.8. The molecule has 0 spiro atoms. The molecule has 0 saturated heterocycles. The van der Waals surface area contributed by atoms with Crippen molar-refractivity contribution >= 4 is 12.4 Å². The van der Waals surface area contributed by atoms with E-state index in [1.807, 2.05) is 0 Å². The highest BCUT2D eigenvalue weighted by molar-refractivity contribution is 5.85. The predicted octanol–water partition coefficient (Wildman–Crippen LogP) is 5.25. The summed E-state index contributed by atoms with van der Waals surface area (Å²) in [6.45, 7) is 4.90. The van der Waals surface area contributed by atoms with Gasteiger partial charge in [-0.15, -0.1) is 19.0 Å². The van der Waals surface area contributed by atoms with Crippen molar-refractivity contribution in [1.82, 2.24) is 0 Å². The third kappa shape index (κ3) is 4.88. The molecule has 0 aliphatic carbocycles. The van der Waals surface area contributed by atoms with Crippen LogP contribution in [0.1, 0.15) is 36.1 Å². The largest absolute Gasteiger partial charge is 0.416 e. The molecule has 0 saturated carbocycles. The minimum atomic E-state index is -5.15. The highest BCUT2D eigenvalue weighted by Crippen LogP contribution is 2.40. The highest BCUT2D eigenvalue weighted by Gasteiger charge is 2.40. The Morgan fingerprint density at radius 1 is 1.14 bits per heavy atom. The highest BCUT2D eigenvalue weighted by atomic mass is 35.5. The van der Waals surface area contributed by atoms with E-state index < -0.39 is 40.9 Å². The van der Waals surface area contributed by atoms with Crippen LogP contribution in [0.3, 0.4) is 0 Å². The monoisotopic (exact) mass is 351 g/mol. The van der Waals surface area contributed by atoms with Crippen molar-refractivity contribution in [3.05, 3.63) is 46.8 Å². The van der Waals surface area contributed by atoms with E-state index in [9.17, 15) is 30.7 Å². The molecule has 0 aliphatic rings. The molecule has 1 atom stereocenters. The van der Waals surface area contributed by atoms with Crippen molar-refractivity contribution in [2.24, 2.45) is 5.73 Å².